The highest BCUT2D eigenvalue weighted by Gasteiger charge is 2.16. The van der Waals surface area contributed by atoms with Crippen LogP contribution in [0.4, 0.5) is 0 Å². The second-order valence-corrected chi connectivity index (χ2v) is 4.31. The molecule has 16 heavy (non-hydrogen) atoms. The minimum absolute atomic E-state index is 0.0260. The number of aliphatic hydroxyl groups is 1. The summed E-state index contributed by atoms with van der Waals surface area (Å²) < 4.78 is 11.0. The molecule has 2 rings (SSSR count). The Balaban J connectivity index is 1.97. The van der Waals surface area contributed by atoms with Crippen molar-refractivity contribution >= 4 is 0 Å². The van der Waals surface area contributed by atoms with Gasteiger partial charge in [-0.25, -0.2) is 0 Å². The fraction of sp³-hybridized carbons (Fsp3) is 0.538. The maximum absolute atomic E-state index is 9.23. The van der Waals surface area contributed by atoms with E-state index in [1.807, 2.05) is 25.1 Å². The van der Waals surface area contributed by atoms with Gasteiger partial charge in [0.1, 0.15) is 5.75 Å². The van der Waals surface area contributed by atoms with E-state index in [0.717, 1.165) is 36.5 Å². The summed E-state index contributed by atoms with van der Waals surface area (Å²) >= 11 is 0. The molecule has 0 saturated carbocycles. The maximum atomic E-state index is 9.23. The Bertz CT molecular complexity index is 343. The highest BCUT2D eigenvalue weighted by molar-refractivity contribution is 5.36. The van der Waals surface area contributed by atoms with Gasteiger partial charge in [0.15, 0.2) is 0 Å². The zero-order valence-electron chi connectivity index (χ0n) is 9.61. The van der Waals surface area contributed by atoms with Gasteiger partial charge in [0.25, 0.3) is 0 Å². The second-order valence-electron chi connectivity index (χ2n) is 4.31. The predicted octanol–water partition coefficient (Wildman–Crippen LogP) is 1.90. The van der Waals surface area contributed by atoms with Crippen LogP contribution in [0.25, 0.3) is 0 Å². The molecule has 1 heterocycles. The van der Waals surface area contributed by atoms with Crippen LogP contribution in [0.15, 0.2) is 18.2 Å². The summed E-state index contributed by atoms with van der Waals surface area (Å²) in [6.45, 7) is 4.34. The van der Waals surface area contributed by atoms with Gasteiger partial charge in [0.2, 0.25) is 0 Å². The molecule has 3 heteroatoms. The number of aryl methyl sites for hydroxylation is 1. The van der Waals surface area contributed by atoms with E-state index in [4.69, 9.17) is 9.47 Å². The van der Waals surface area contributed by atoms with Crippen LogP contribution in [-0.4, -0.2) is 24.9 Å². The van der Waals surface area contributed by atoms with Gasteiger partial charge in [-0.15, -0.1) is 0 Å². The molecular weight excluding hydrogens is 204 g/mol. The van der Waals surface area contributed by atoms with Gasteiger partial charge < -0.3 is 14.6 Å². The molecule has 3 nitrogen and oxygen atoms in total. The summed E-state index contributed by atoms with van der Waals surface area (Å²) in [5.74, 6) is 1.29. The maximum Gasteiger partial charge on any atom is 0.124 e. The number of rotatable bonds is 4. The third-order valence-corrected chi connectivity index (χ3v) is 2.88. The van der Waals surface area contributed by atoms with Crippen molar-refractivity contribution in [2.24, 2.45) is 5.92 Å². The molecule has 1 aliphatic heterocycles. The van der Waals surface area contributed by atoms with Crippen molar-refractivity contribution in [1.29, 1.82) is 0 Å². The van der Waals surface area contributed by atoms with E-state index in [1.165, 1.54) is 0 Å². The molecule has 0 spiro atoms. The third kappa shape index (κ3) is 2.74. The molecule has 1 atom stereocenters. The molecule has 0 amide bonds. The summed E-state index contributed by atoms with van der Waals surface area (Å²) in [6.07, 6.45) is 1.07. The average Bonchev–Trinajstić information content (AvgIpc) is 2.80. The minimum atomic E-state index is 0.0260. The molecule has 0 aromatic heterocycles. The van der Waals surface area contributed by atoms with E-state index < -0.39 is 0 Å². The van der Waals surface area contributed by atoms with Crippen molar-refractivity contribution in [2.45, 2.75) is 20.0 Å². The van der Waals surface area contributed by atoms with Gasteiger partial charge in [-0.1, -0.05) is 17.7 Å². The van der Waals surface area contributed by atoms with E-state index in [-0.39, 0.29) is 6.61 Å². The lowest BCUT2D eigenvalue weighted by Crippen LogP contribution is -2.12. The van der Waals surface area contributed by atoms with E-state index in [9.17, 15) is 5.11 Å². The average molecular weight is 222 g/mol. The van der Waals surface area contributed by atoms with Crippen molar-refractivity contribution in [3.05, 3.63) is 29.3 Å². The first-order chi connectivity index (χ1) is 7.79. The van der Waals surface area contributed by atoms with Gasteiger partial charge in [-0.05, 0) is 19.4 Å². The smallest absolute Gasteiger partial charge is 0.124 e. The molecule has 1 N–H and O–H groups in total. The first-order valence-corrected chi connectivity index (χ1v) is 5.70. The lowest BCUT2D eigenvalue weighted by atomic mass is 10.1. The Labute approximate surface area is 96.0 Å². The van der Waals surface area contributed by atoms with Crippen molar-refractivity contribution in [3.63, 3.8) is 0 Å². The molecule has 1 aromatic rings. The van der Waals surface area contributed by atoms with E-state index in [2.05, 4.69) is 0 Å². The standard InChI is InChI=1S/C13H18O3/c1-10-2-3-13(12(6-10)7-14)16-9-11-4-5-15-8-11/h2-3,6,11,14H,4-5,7-9H2,1H3/t11-/m1/s1. The Morgan fingerprint density at radius 1 is 1.50 bits per heavy atom. The Morgan fingerprint density at radius 3 is 3.06 bits per heavy atom. The molecule has 0 bridgehead atoms. The SMILES string of the molecule is Cc1ccc(OC[C@@H]2CCOC2)c(CO)c1. The van der Waals surface area contributed by atoms with Crippen molar-refractivity contribution in [2.75, 3.05) is 19.8 Å². The Kier molecular flexibility index (Phi) is 3.80. The molecule has 1 aliphatic rings. The van der Waals surface area contributed by atoms with Gasteiger partial charge in [-0.3, -0.25) is 0 Å². The quantitative estimate of drug-likeness (QED) is 0.845. The minimum Gasteiger partial charge on any atom is -0.493 e. The van der Waals surface area contributed by atoms with Crippen LogP contribution in [-0.2, 0) is 11.3 Å². The highest BCUT2D eigenvalue weighted by Crippen LogP contribution is 2.22. The van der Waals surface area contributed by atoms with E-state index in [0.29, 0.717) is 12.5 Å². The monoisotopic (exact) mass is 222 g/mol. The molecule has 0 aliphatic carbocycles. The van der Waals surface area contributed by atoms with Crippen molar-refractivity contribution in [1.82, 2.24) is 0 Å². The summed E-state index contributed by atoms with van der Waals surface area (Å²) in [7, 11) is 0. The number of benzene rings is 1. The van der Waals surface area contributed by atoms with E-state index >= 15 is 0 Å². The highest BCUT2D eigenvalue weighted by atomic mass is 16.5. The van der Waals surface area contributed by atoms with E-state index in [1.54, 1.807) is 0 Å². The zero-order valence-corrected chi connectivity index (χ0v) is 9.61. The first kappa shape index (κ1) is 11.4. The largest absolute Gasteiger partial charge is 0.493 e. The fourth-order valence-corrected chi connectivity index (χ4v) is 1.90. The van der Waals surface area contributed by atoms with Crippen LogP contribution in [0.3, 0.4) is 0 Å². The van der Waals surface area contributed by atoms with Gasteiger partial charge in [0, 0.05) is 18.1 Å². The summed E-state index contributed by atoms with van der Waals surface area (Å²) in [6, 6.07) is 5.89. The molecule has 1 aromatic carbocycles. The summed E-state index contributed by atoms with van der Waals surface area (Å²) in [5.41, 5.74) is 2.00. The van der Waals surface area contributed by atoms with Crippen molar-refractivity contribution in [3.8, 4) is 5.75 Å². The number of hydrogen-bond donors (Lipinski definition) is 1. The molecule has 0 unspecified atom stereocenters. The fourth-order valence-electron chi connectivity index (χ4n) is 1.90. The number of ether oxygens (including phenoxy) is 2. The van der Waals surface area contributed by atoms with Crippen LogP contribution in [0.2, 0.25) is 0 Å². The second kappa shape index (κ2) is 5.32. The van der Waals surface area contributed by atoms with Crippen LogP contribution >= 0.6 is 0 Å². The van der Waals surface area contributed by atoms with Crippen molar-refractivity contribution < 1.29 is 14.6 Å². The lowest BCUT2D eigenvalue weighted by Gasteiger charge is -2.13. The summed E-state index contributed by atoms with van der Waals surface area (Å²) in [4.78, 5) is 0. The topological polar surface area (TPSA) is 38.7 Å². The van der Waals surface area contributed by atoms with Crippen LogP contribution in [0.1, 0.15) is 17.5 Å². The number of aliphatic hydroxyl groups excluding tert-OH is 1. The normalized spacial score (nSPS) is 20.0. The first-order valence-electron chi connectivity index (χ1n) is 5.70. The Hall–Kier alpha value is -1.06. The third-order valence-electron chi connectivity index (χ3n) is 2.88. The van der Waals surface area contributed by atoms with Gasteiger partial charge in [0.05, 0.1) is 19.8 Å². The lowest BCUT2D eigenvalue weighted by molar-refractivity contribution is 0.165. The van der Waals surface area contributed by atoms with Crippen LogP contribution in [0, 0.1) is 12.8 Å². The predicted molar refractivity (Wildman–Crippen MR) is 61.5 cm³/mol. The number of hydrogen-bond acceptors (Lipinski definition) is 3. The summed E-state index contributed by atoms with van der Waals surface area (Å²) in [5, 5.41) is 9.23. The molecule has 0 radical (unpaired) electrons. The molecule has 88 valence electrons. The molecule has 1 saturated heterocycles. The van der Waals surface area contributed by atoms with Gasteiger partial charge >= 0.3 is 0 Å². The van der Waals surface area contributed by atoms with Crippen LogP contribution in [0.5, 0.6) is 5.75 Å². The van der Waals surface area contributed by atoms with Crippen LogP contribution < -0.4 is 4.74 Å². The van der Waals surface area contributed by atoms with Gasteiger partial charge in [-0.2, -0.15) is 0 Å². The molecular formula is C13H18O3. The molecule has 1 fully saturated rings. The Morgan fingerprint density at radius 2 is 2.38 bits per heavy atom. The zero-order chi connectivity index (χ0) is 11.4.